The monoisotopic (exact) mass is 132 g/mol. The molecule has 0 aliphatic carbocycles. The van der Waals surface area contributed by atoms with Gasteiger partial charge in [-0.3, -0.25) is 5.12 Å². The van der Waals surface area contributed by atoms with E-state index in [9.17, 15) is 0 Å². The fourth-order valence-corrected chi connectivity index (χ4v) is 0.284. The number of hydrazine groups is 2. The van der Waals surface area contributed by atoms with Gasteiger partial charge in [0, 0.05) is 7.05 Å². The summed E-state index contributed by atoms with van der Waals surface area (Å²) in [6.45, 7) is 3.18. The molecule has 0 fully saturated rings. The molecule has 0 rings (SSSR count). The molecule has 0 aliphatic rings. The van der Waals surface area contributed by atoms with Gasteiger partial charge in [0.15, 0.2) is 0 Å². The first-order valence-electron chi connectivity index (χ1n) is 2.49. The summed E-state index contributed by atoms with van der Waals surface area (Å²) in [7, 11) is 3.50. The molecule has 54 valence electrons. The van der Waals surface area contributed by atoms with E-state index in [1.165, 1.54) is 0 Å². The first kappa shape index (κ1) is 8.31. The van der Waals surface area contributed by atoms with E-state index in [2.05, 4.69) is 33.8 Å². The van der Waals surface area contributed by atoms with Crippen molar-refractivity contribution in [2.75, 3.05) is 14.1 Å². The molecular weight excluding hydrogens is 120 g/mol. The minimum absolute atomic E-state index is 0.652. The standard InChI is InChI=1S/C3H12N6/c1-4-6-8-9(3)7-5-2/h4,6,8-9H,2H2,1,3H3. The van der Waals surface area contributed by atoms with Gasteiger partial charge in [-0.05, 0) is 6.72 Å². The Balaban J connectivity index is 3.04. The average molecular weight is 132 g/mol. The van der Waals surface area contributed by atoms with Crippen LogP contribution in [0.15, 0.2) is 5.10 Å². The molecule has 0 bridgehead atoms. The van der Waals surface area contributed by atoms with Crippen LogP contribution in [0.5, 0.6) is 0 Å². The molecule has 0 aromatic heterocycles. The normalized spacial score (nSPS) is 12.7. The van der Waals surface area contributed by atoms with Crippen molar-refractivity contribution < 1.29 is 5.12 Å². The zero-order valence-corrected chi connectivity index (χ0v) is 5.60. The number of nitrogens with one attached hydrogen (secondary N) is 4. The Labute approximate surface area is 54.2 Å². The van der Waals surface area contributed by atoms with E-state index < -0.39 is 0 Å². The number of nitrogens with zero attached hydrogens (tertiary/aromatic N) is 2. The van der Waals surface area contributed by atoms with Crippen molar-refractivity contribution in [2.24, 2.45) is 5.10 Å². The van der Waals surface area contributed by atoms with Gasteiger partial charge in [0.05, 0.1) is 7.05 Å². The molecule has 0 radical (unpaired) electrons. The van der Waals surface area contributed by atoms with E-state index >= 15 is 0 Å². The lowest BCUT2D eigenvalue weighted by atomic mass is 11.4. The highest BCUT2D eigenvalue weighted by atomic mass is 15.9. The maximum absolute atomic E-state index is 3.58. The molecule has 9 heavy (non-hydrogen) atoms. The van der Waals surface area contributed by atoms with Crippen LogP contribution in [0, 0.1) is 0 Å². The van der Waals surface area contributed by atoms with Crippen molar-refractivity contribution in [3.63, 3.8) is 0 Å². The molecule has 0 heterocycles. The van der Waals surface area contributed by atoms with Crippen LogP contribution < -0.4 is 21.6 Å². The molecule has 0 saturated heterocycles. The largest absolute Gasteiger partial charge is 0.385 e. The van der Waals surface area contributed by atoms with Gasteiger partial charge in [-0.2, -0.15) is 0 Å². The number of rotatable bonds is 5. The highest BCUT2D eigenvalue weighted by Gasteiger charge is 1.81. The molecule has 0 amide bonds. The number of quaternary nitrogens is 1. The van der Waals surface area contributed by atoms with Crippen LogP contribution in [0.25, 0.3) is 5.53 Å². The quantitative estimate of drug-likeness (QED) is 0.248. The average Bonchev–Trinajstić information content (AvgIpc) is 1.85. The second-order valence-corrected chi connectivity index (χ2v) is 1.33. The maximum Gasteiger partial charge on any atom is 0.0815 e. The van der Waals surface area contributed by atoms with E-state index in [4.69, 9.17) is 0 Å². The first-order valence-corrected chi connectivity index (χ1v) is 2.49. The van der Waals surface area contributed by atoms with E-state index in [0.29, 0.717) is 5.12 Å². The SMILES string of the molecule is C=N[N-][NH+](C)NNNC. The Bertz CT molecular complexity index is 72.7. The van der Waals surface area contributed by atoms with Crippen LogP contribution in [0.3, 0.4) is 0 Å². The van der Waals surface area contributed by atoms with Crippen molar-refractivity contribution in [3.8, 4) is 0 Å². The summed E-state index contributed by atoms with van der Waals surface area (Å²) in [6, 6.07) is 0. The number of hydrogen-bond donors (Lipinski definition) is 4. The predicted octanol–water partition coefficient (Wildman–Crippen LogP) is -2.45. The zero-order chi connectivity index (χ0) is 7.11. The lowest BCUT2D eigenvalue weighted by molar-refractivity contribution is -0.897. The lowest BCUT2D eigenvalue weighted by Crippen LogP contribution is -3.14. The third kappa shape index (κ3) is 5.18. The van der Waals surface area contributed by atoms with E-state index in [-0.39, 0.29) is 0 Å². The summed E-state index contributed by atoms with van der Waals surface area (Å²) in [4.78, 5) is 0. The molecule has 6 heteroatoms. The van der Waals surface area contributed by atoms with Gasteiger partial charge in [-0.25, -0.2) is 5.43 Å². The van der Waals surface area contributed by atoms with Gasteiger partial charge < -0.3 is 10.6 Å². The van der Waals surface area contributed by atoms with Crippen LogP contribution in [0.4, 0.5) is 0 Å². The Hall–Kier alpha value is -0.690. The van der Waals surface area contributed by atoms with Crippen molar-refractivity contribution >= 4 is 6.72 Å². The van der Waals surface area contributed by atoms with Crippen molar-refractivity contribution in [3.05, 3.63) is 5.53 Å². The summed E-state index contributed by atoms with van der Waals surface area (Å²) >= 11 is 0. The van der Waals surface area contributed by atoms with Gasteiger partial charge in [0.2, 0.25) is 0 Å². The van der Waals surface area contributed by atoms with Crippen LogP contribution in [-0.4, -0.2) is 20.8 Å². The van der Waals surface area contributed by atoms with Crippen LogP contribution in [0.2, 0.25) is 0 Å². The van der Waals surface area contributed by atoms with Gasteiger partial charge in [0.1, 0.15) is 0 Å². The molecule has 6 nitrogen and oxygen atoms in total. The molecule has 0 aromatic carbocycles. The Morgan fingerprint density at radius 3 is 2.78 bits per heavy atom. The van der Waals surface area contributed by atoms with Crippen LogP contribution in [0.1, 0.15) is 0 Å². The summed E-state index contributed by atoms with van der Waals surface area (Å²) < 4.78 is 0. The van der Waals surface area contributed by atoms with E-state index in [1.807, 2.05) is 0 Å². The topological polar surface area (TPSA) is 67.0 Å². The smallest absolute Gasteiger partial charge is 0.0815 e. The van der Waals surface area contributed by atoms with Crippen molar-refractivity contribution in [1.29, 1.82) is 0 Å². The Morgan fingerprint density at radius 1 is 1.67 bits per heavy atom. The predicted molar refractivity (Wildman–Crippen MR) is 35.1 cm³/mol. The second-order valence-electron chi connectivity index (χ2n) is 1.33. The summed E-state index contributed by atoms with van der Waals surface area (Å²) in [6.07, 6.45) is 0. The lowest BCUT2D eigenvalue weighted by Gasteiger charge is -2.22. The third-order valence-electron chi connectivity index (χ3n) is 0.589. The first-order chi connectivity index (χ1) is 4.31. The number of hydrogen-bond acceptors (Lipinski definition) is 4. The van der Waals surface area contributed by atoms with E-state index in [0.717, 1.165) is 0 Å². The molecule has 4 N–H and O–H groups in total. The van der Waals surface area contributed by atoms with Gasteiger partial charge in [0.25, 0.3) is 0 Å². The Kier molecular flexibility index (Phi) is 5.03. The molecule has 0 aliphatic heterocycles. The maximum atomic E-state index is 3.58. The fourth-order valence-electron chi connectivity index (χ4n) is 0.284. The summed E-state index contributed by atoms with van der Waals surface area (Å²) in [5.41, 5.74) is 11.5. The molecule has 0 spiro atoms. The summed E-state index contributed by atoms with van der Waals surface area (Å²) in [5.74, 6) is 0. The minimum Gasteiger partial charge on any atom is -0.385 e. The van der Waals surface area contributed by atoms with Crippen molar-refractivity contribution in [1.82, 2.24) is 16.5 Å². The second kappa shape index (κ2) is 5.45. The summed E-state index contributed by atoms with van der Waals surface area (Å²) in [5, 5.41) is 3.95. The fraction of sp³-hybridized carbons (Fsp3) is 0.667. The highest BCUT2D eigenvalue weighted by Crippen LogP contribution is 1.59. The third-order valence-corrected chi connectivity index (χ3v) is 0.589. The molecule has 1 unspecified atom stereocenters. The van der Waals surface area contributed by atoms with Gasteiger partial charge in [-0.15, -0.1) is 5.53 Å². The molecule has 0 aromatic rings. The van der Waals surface area contributed by atoms with E-state index in [1.54, 1.807) is 14.1 Å². The Morgan fingerprint density at radius 2 is 2.33 bits per heavy atom. The molecule has 0 saturated carbocycles. The minimum atomic E-state index is 0.652. The van der Waals surface area contributed by atoms with Crippen LogP contribution >= 0.6 is 0 Å². The zero-order valence-electron chi connectivity index (χ0n) is 5.60. The van der Waals surface area contributed by atoms with Gasteiger partial charge >= 0.3 is 0 Å². The van der Waals surface area contributed by atoms with Gasteiger partial charge in [-0.1, -0.05) is 5.53 Å². The molecular formula is C3H12N6. The molecule has 1 atom stereocenters. The highest BCUT2D eigenvalue weighted by molar-refractivity contribution is 5.23. The van der Waals surface area contributed by atoms with Crippen molar-refractivity contribution in [2.45, 2.75) is 0 Å². The van der Waals surface area contributed by atoms with Crippen LogP contribution in [-0.2, 0) is 0 Å².